The number of nitrogens with zero attached hydrogens (tertiary/aromatic N) is 2. The van der Waals surface area contributed by atoms with Crippen molar-refractivity contribution in [3.63, 3.8) is 0 Å². The molecule has 1 aliphatic heterocycles. The normalized spacial score (nSPS) is 22.8. The van der Waals surface area contributed by atoms with Crippen molar-refractivity contribution in [3.8, 4) is 0 Å². The molecule has 0 aromatic carbocycles. The van der Waals surface area contributed by atoms with Crippen molar-refractivity contribution in [1.82, 2.24) is 15.1 Å². The van der Waals surface area contributed by atoms with E-state index < -0.39 is 0 Å². The molecule has 18 heavy (non-hydrogen) atoms. The van der Waals surface area contributed by atoms with Crippen LogP contribution in [0.4, 0.5) is 0 Å². The van der Waals surface area contributed by atoms with Gasteiger partial charge in [-0.25, -0.2) is 0 Å². The van der Waals surface area contributed by atoms with Gasteiger partial charge in [0.1, 0.15) is 0 Å². The zero-order chi connectivity index (χ0) is 13.4. The number of likely N-dealkylation sites (N-methyl/N-ethyl adjacent to an activating group) is 1. The molecule has 0 bridgehead atoms. The minimum absolute atomic E-state index is 0.470. The average molecular weight is 257 g/mol. The van der Waals surface area contributed by atoms with Gasteiger partial charge in [0, 0.05) is 32.3 Å². The van der Waals surface area contributed by atoms with Crippen LogP contribution in [0.3, 0.4) is 0 Å². The molecule has 0 amide bonds. The summed E-state index contributed by atoms with van der Waals surface area (Å²) in [5.41, 5.74) is 0. The van der Waals surface area contributed by atoms with Gasteiger partial charge in [-0.2, -0.15) is 0 Å². The van der Waals surface area contributed by atoms with Crippen molar-refractivity contribution in [2.45, 2.75) is 38.3 Å². The monoisotopic (exact) mass is 257 g/mol. The lowest BCUT2D eigenvalue weighted by Crippen LogP contribution is -2.47. The van der Waals surface area contributed by atoms with Crippen molar-refractivity contribution in [2.24, 2.45) is 0 Å². The molecule has 0 saturated carbocycles. The third-order valence-corrected chi connectivity index (χ3v) is 3.58. The predicted octanol–water partition coefficient (Wildman–Crippen LogP) is 1.03. The summed E-state index contributed by atoms with van der Waals surface area (Å²) < 4.78 is 5.33. The zero-order valence-electron chi connectivity index (χ0n) is 12.6. The quantitative estimate of drug-likeness (QED) is 0.668. The Labute approximate surface area is 113 Å². The fourth-order valence-electron chi connectivity index (χ4n) is 2.77. The molecule has 0 radical (unpaired) electrons. The van der Waals surface area contributed by atoms with Crippen LogP contribution < -0.4 is 5.32 Å². The zero-order valence-corrected chi connectivity index (χ0v) is 12.6. The smallest absolute Gasteiger partial charge is 0.0628 e. The van der Waals surface area contributed by atoms with Gasteiger partial charge >= 0.3 is 0 Å². The molecule has 0 aromatic heterocycles. The summed E-state index contributed by atoms with van der Waals surface area (Å²) in [5, 5.41) is 3.59. The van der Waals surface area contributed by atoms with Gasteiger partial charge in [-0.1, -0.05) is 6.92 Å². The predicted molar refractivity (Wildman–Crippen MR) is 77.1 cm³/mol. The van der Waals surface area contributed by atoms with E-state index in [1.807, 2.05) is 0 Å². The summed E-state index contributed by atoms with van der Waals surface area (Å²) in [7, 11) is 6.12. The topological polar surface area (TPSA) is 27.7 Å². The Bertz CT molecular complexity index is 211. The Kier molecular flexibility index (Phi) is 7.82. The van der Waals surface area contributed by atoms with Crippen LogP contribution >= 0.6 is 0 Å². The Balaban J connectivity index is 2.40. The highest BCUT2D eigenvalue weighted by Crippen LogP contribution is 2.17. The number of hydrogen-bond acceptors (Lipinski definition) is 4. The second kappa shape index (κ2) is 8.86. The van der Waals surface area contributed by atoms with Gasteiger partial charge in [0.05, 0.1) is 6.61 Å². The molecule has 1 rings (SSSR count). The minimum atomic E-state index is 0.470. The van der Waals surface area contributed by atoms with E-state index in [1.54, 1.807) is 7.11 Å². The van der Waals surface area contributed by atoms with E-state index in [1.165, 1.54) is 32.4 Å². The van der Waals surface area contributed by atoms with E-state index in [-0.39, 0.29) is 0 Å². The third-order valence-electron chi connectivity index (χ3n) is 3.58. The molecular weight excluding hydrogens is 226 g/mol. The summed E-state index contributed by atoms with van der Waals surface area (Å²) >= 11 is 0. The van der Waals surface area contributed by atoms with Crippen molar-refractivity contribution in [2.75, 3.05) is 54.0 Å². The van der Waals surface area contributed by atoms with E-state index >= 15 is 0 Å². The van der Waals surface area contributed by atoms with E-state index in [0.29, 0.717) is 6.04 Å². The highest BCUT2D eigenvalue weighted by atomic mass is 16.5. The van der Waals surface area contributed by atoms with Crippen LogP contribution in [0.2, 0.25) is 0 Å². The van der Waals surface area contributed by atoms with Gasteiger partial charge in [-0.05, 0) is 46.4 Å². The lowest BCUT2D eigenvalue weighted by Gasteiger charge is -2.30. The molecule has 0 aliphatic carbocycles. The van der Waals surface area contributed by atoms with Crippen LogP contribution in [0.25, 0.3) is 0 Å². The van der Waals surface area contributed by atoms with Crippen molar-refractivity contribution >= 4 is 0 Å². The Morgan fingerprint density at radius 3 is 2.83 bits per heavy atom. The van der Waals surface area contributed by atoms with Gasteiger partial charge in [0.15, 0.2) is 0 Å². The maximum absolute atomic E-state index is 5.33. The van der Waals surface area contributed by atoms with E-state index in [2.05, 4.69) is 36.1 Å². The van der Waals surface area contributed by atoms with E-state index in [0.717, 1.165) is 25.7 Å². The van der Waals surface area contributed by atoms with Crippen LogP contribution in [0, 0.1) is 0 Å². The van der Waals surface area contributed by atoms with Crippen LogP contribution in [0.15, 0.2) is 0 Å². The molecule has 1 heterocycles. The molecular formula is C14H31N3O. The second-order valence-electron chi connectivity index (χ2n) is 5.66. The number of rotatable bonds is 9. The van der Waals surface area contributed by atoms with Gasteiger partial charge < -0.3 is 15.0 Å². The summed E-state index contributed by atoms with van der Waals surface area (Å²) in [4.78, 5) is 4.93. The van der Waals surface area contributed by atoms with Crippen LogP contribution in [-0.4, -0.2) is 75.9 Å². The number of hydrogen-bond donors (Lipinski definition) is 1. The summed E-state index contributed by atoms with van der Waals surface area (Å²) in [6, 6.07) is 1.19. The molecule has 0 aromatic rings. The molecule has 1 fully saturated rings. The van der Waals surface area contributed by atoms with Gasteiger partial charge in [-0.15, -0.1) is 0 Å². The Hall–Kier alpha value is -0.160. The Morgan fingerprint density at radius 2 is 2.22 bits per heavy atom. The first-order valence-corrected chi connectivity index (χ1v) is 7.28. The molecule has 4 heteroatoms. The highest BCUT2D eigenvalue weighted by Gasteiger charge is 2.26. The van der Waals surface area contributed by atoms with E-state index in [9.17, 15) is 0 Å². The second-order valence-corrected chi connectivity index (χ2v) is 5.66. The minimum Gasteiger partial charge on any atom is -0.383 e. The molecule has 2 unspecified atom stereocenters. The van der Waals surface area contributed by atoms with Gasteiger partial charge in [0.2, 0.25) is 0 Å². The number of ether oxygens (including phenoxy) is 1. The number of nitrogens with one attached hydrogen (secondary N) is 1. The lowest BCUT2D eigenvalue weighted by atomic mass is 10.2. The molecule has 0 spiro atoms. The largest absolute Gasteiger partial charge is 0.383 e. The van der Waals surface area contributed by atoms with Crippen molar-refractivity contribution in [1.29, 1.82) is 0 Å². The van der Waals surface area contributed by atoms with Crippen LogP contribution in [0.1, 0.15) is 26.2 Å². The SMILES string of the molecule is CCCNC(COC)CN1CCCC1CN(C)C. The summed E-state index contributed by atoms with van der Waals surface area (Å²) in [6.07, 6.45) is 3.86. The highest BCUT2D eigenvalue weighted by molar-refractivity contribution is 4.84. The van der Waals surface area contributed by atoms with Crippen LogP contribution in [-0.2, 0) is 4.74 Å². The van der Waals surface area contributed by atoms with Crippen LogP contribution in [0.5, 0.6) is 0 Å². The van der Waals surface area contributed by atoms with Crippen molar-refractivity contribution < 1.29 is 4.74 Å². The fourth-order valence-corrected chi connectivity index (χ4v) is 2.77. The summed E-state index contributed by atoms with van der Waals surface area (Å²) in [6.45, 7) is 7.64. The standard InChI is InChI=1S/C14H31N3O/c1-5-8-15-13(12-18-4)10-17-9-6-7-14(17)11-16(2)3/h13-15H,5-12H2,1-4H3. The van der Waals surface area contributed by atoms with Gasteiger partial charge in [0.25, 0.3) is 0 Å². The molecule has 2 atom stereocenters. The maximum atomic E-state index is 5.33. The molecule has 1 N–H and O–H groups in total. The first kappa shape index (κ1) is 15.9. The van der Waals surface area contributed by atoms with Gasteiger partial charge in [-0.3, -0.25) is 4.90 Å². The number of likely N-dealkylation sites (tertiary alicyclic amines) is 1. The van der Waals surface area contributed by atoms with Crippen molar-refractivity contribution in [3.05, 3.63) is 0 Å². The first-order chi connectivity index (χ1) is 8.67. The molecule has 108 valence electrons. The lowest BCUT2D eigenvalue weighted by molar-refractivity contribution is 0.126. The maximum Gasteiger partial charge on any atom is 0.0628 e. The van der Waals surface area contributed by atoms with E-state index in [4.69, 9.17) is 4.74 Å². The molecule has 4 nitrogen and oxygen atoms in total. The summed E-state index contributed by atoms with van der Waals surface area (Å²) in [5.74, 6) is 0. The first-order valence-electron chi connectivity index (χ1n) is 7.28. The number of methoxy groups -OCH3 is 1. The molecule has 1 saturated heterocycles. The fraction of sp³-hybridized carbons (Fsp3) is 1.00. The average Bonchev–Trinajstić information content (AvgIpc) is 2.73. The third kappa shape index (κ3) is 5.65. The molecule has 1 aliphatic rings. The Morgan fingerprint density at radius 1 is 1.44 bits per heavy atom.